The number of rotatable bonds is 3. The van der Waals surface area contributed by atoms with Gasteiger partial charge in [0.1, 0.15) is 5.52 Å². The smallest absolute Gasteiger partial charge is 0.323 e. The normalized spacial score (nSPS) is 20.3. The summed E-state index contributed by atoms with van der Waals surface area (Å²) in [5, 5.41) is 0.167. The average molecular weight is 380 g/mol. The van der Waals surface area contributed by atoms with Gasteiger partial charge >= 0.3 is 11.9 Å². The van der Waals surface area contributed by atoms with Crippen molar-refractivity contribution >= 4 is 40.7 Å². The van der Waals surface area contributed by atoms with Crippen molar-refractivity contribution in [2.75, 3.05) is 5.73 Å². The number of halogens is 1. The van der Waals surface area contributed by atoms with Gasteiger partial charge in [0.2, 0.25) is 5.95 Å². The highest BCUT2D eigenvalue weighted by atomic mass is 35.5. The van der Waals surface area contributed by atoms with Crippen LogP contribution in [0.25, 0.3) is 11.2 Å². The van der Waals surface area contributed by atoms with Gasteiger partial charge in [0, 0.05) is 19.4 Å². The van der Waals surface area contributed by atoms with Crippen LogP contribution in [0.15, 0.2) is 6.33 Å². The van der Waals surface area contributed by atoms with E-state index in [1.54, 1.807) is 4.57 Å². The van der Waals surface area contributed by atoms with E-state index in [2.05, 4.69) is 15.0 Å². The summed E-state index contributed by atoms with van der Waals surface area (Å²) in [7, 11) is 0. The highest BCUT2D eigenvalue weighted by molar-refractivity contribution is 6.33. The maximum Gasteiger partial charge on any atom is 0.323 e. The van der Waals surface area contributed by atoms with Gasteiger partial charge in [-0.15, -0.1) is 0 Å². The quantitative estimate of drug-likeness (QED) is 0.486. The Morgan fingerprint density at radius 2 is 1.88 bits per heavy atom. The van der Waals surface area contributed by atoms with Crippen molar-refractivity contribution in [3.05, 3.63) is 11.5 Å². The minimum atomic E-state index is -1.06. The van der Waals surface area contributed by atoms with Crippen molar-refractivity contribution in [3.63, 3.8) is 0 Å². The third-order valence-electron chi connectivity index (χ3n) is 4.86. The van der Waals surface area contributed by atoms with Crippen molar-refractivity contribution in [1.29, 1.82) is 0 Å². The van der Waals surface area contributed by atoms with Crippen molar-refractivity contribution in [3.8, 4) is 0 Å². The Hall–Kier alpha value is -2.42. The molecule has 1 saturated heterocycles. The van der Waals surface area contributed by atoms with Crippen LogP contribution in [0.4, 0.5) is 5.95 Å². The molecule has 1 spiro atoms. The molecule has 2 fully saturated rings. The molecule has 1 saturated carbocycles. The number of imidazole rings is 1. The number of carbonyl (C=O) groups is 2. The SMILES string of the molecule is Nc1nc(Cl)c2c(ncn2CCC2C(=O)OC3(CCCCC3)OC2=O)n1. The largest absolute Gasteiger partial charge is 0.422 e. The lowest BCUT2D eigenvalue weighted by Gasteiger charge is -2.40. The van der Waals surface area contributed by atoms with Crippen LogP contribution in [0.1, 0.15) is 38.5 Å². The van der Waals surface area contributed by atoms with Crippen LogP contribution in [-0.2, 0) is 25.6 Å². The first kappa shape index (κ1) is 17.0. The monoisotopic (exact) mass is 379 g/mol. The number of aryl methyl sites for hydroxylation is 1. The Kier molecular flexibility index (Phi) is 4.18. The Labute approximate surface area is 153 Å². The zero-order valence-corrected chi connectivity index (χ0v) is 14.7. The molecule has 0 bridgehead atoms. The zero-order chi connectivity index (χ0) is 18.3. The number of hydrogen-bond acceptors (Lipinski definition) is 8. The first-order chi connectivity index (χ1) is 12.5. The van der Waals surface area contributed by atoms with E-state index in [1.165, 1.54) is 6.33 Å². The molecule has 1 aliphatic carbocycles. The summed E-state index contributed by atoms with van der Waals surface area (Å²) in [5.74, 6) is -3.05. The molecular weight excluding hydrogens is 362 g/mol. The number of fused-ring (bicyclic) bond motifs is 1. The van der Waals surface area contributed by atoms with Gasteiger partial charge in [0.05, 0.1) is 6.33 Å². The van der Waals surface area contributed by atoms with Gasteiger partial charge in [-0.05, 0) is 19.3 Å². The van der Waals surface area contributed by atoms with Crippen molar-refractivity contribution in [1.82, 2.24) is 19.5 Å². The van der Waals surface area contributed by atoms with Gasteiger partial charge < -0.3 is 19.8 Å². The van der Waals surface area contributed by atoms with E-state index >= 15 is 0 Å². The molecule has 1 aliphatic heterocycles. The van der Waals surface area contributed by atoms with Crippen molar-refractivity contribution < 1.29 is 19.1 Å². The number of esters is 2. The highest BCUT2D eigenvalue weighted by Gasteiger charge is 2.48. The first-order valence-electron chi connectivity index (χ1n) is 8.57. The number of nitrogens with two attached hydrogens (primary N) is 1. The topological polar surface area (TPSA) is 122 Å². The maximum absolute atomic E-state index is 12.4. The van der Waals surface area contributed by atoms with E-state index in [0.29, 0.717) is 30.6 Å². The van der Waals surface area contributed by atoms with E-state index in [4.69, 9.17) is 26.8 Å². The summed E-state index contributed by atoms with van der Waals surface area (Å²) in [4.78, 5) is 36.8. The molecule has 2 aromatic heterocycles. The summed E-state index contributed by atoms with van der Waals surface area (Å²) in [6, 6.07) is 0. The number of ether oxygens (including phenoxy) is 2. The number of aromatic nitrogens is 4. The molecule has 0 unspecified atom stereocenters. The maximum atomic E-state index is 12.4. The van der Waals surface area contributed by atoms with Gasteiger partial charge in [0.15, 0.2) is 16.7 Å². The van der Waals surface area contributed by atoms with Crippen LogP contribution in [0.5, 0.6) is 0 Å². The lowest BCUT2D eigenvalue weighted by Crippen LogP contribution is -2.51. The Morgan fingerprint density at radius 3 is 2.58 bits per heavy atom. The van der Waals surface area contributed by atoms with E-state index in [-0.39, 0.29) is 17.5 Å². The number of anilines is 1. The molecule has 0 radical (unpaired) electrons. The first-order valence-corrected chi connectivity index (χ1v) is 8.95. The summed E-state index contributed by atoms with van der Waals surface area (Å²) in [5.41, 5.74) is 6.41. The van der Waals surface area contributed by atoms with Crippen LogP contribution in [-0.4, -0.2) is 37.2 Å². The Bertz CT molecular complexity index is 857. The molecule has 0 aromatic carbocycles. The fourth-order valence-corrected chi connectivity index (χ4v) is 3.82. The molecule has 0 atom stereocenters. The second-order valence-corrected chi connectivity index (χ2v) is 7.00. The van der Waals surface area contributed by atoms with Gasteiger partial charge in [0.25, 0.3) is 5.79 Å². The minimum absolute atomic E-state index is 0.0324. The molecule has 138 valence electrons. The summed E-state index contributed by atoms with van der Waals surface area (Å²) < 4.78 is 12.7. The molecule has 4 rings (SSSR count). The van der Waals surface area contributed by atoms with Crippen LogP contribution < -0.4 is 5.73 Å². The zero-order valence-electron chi connectivity index (χ0n) is 14.0. The Morgan fingerprint density at radius 1 is 1.19 bits per heavy atom. The van der Waals surface area contributed by atoms with Gasteiger partial charge in [-0.25, -0.2) is 4.98 Å². The van der Waals surface area contributed by atoms with Crippen LogP contribution in [0.3, 0.4) is 0 Å². The minimum Gasteiger partial charge on any atom is -0.422 e. The van der Waals surface area contributed by atoms with Gasteiger partial charge in [-0.3, -0.25) is 9.59 Å². The third kappa shape index (κ3) is 2.96. The predicted molar refractivity (Wildman–Crippen MR) is 90.9 cm³/mol. The summed E-state index contributed by atoms with van der Waals surface area (Å²) in [6.07, 6.45) is 5.69. The lowest BCUT2D eigenvalue weighted by molar-refractivity contribution is -0.261. The van der Waals surface area contributed by atoms with Crippen LogP contribution in [0.2, 0.25) is 5.15 Å². The standard InChI is InChI=1S/C16H18ClN5O4/c17-11-10-12(21-15(18)20-11)19-8-22(10)7-4-9-13(23)25-16(26-14(9)24)5-2-1-3-6-16/h8-9H,1-7H2,(H2,18,20,21). The molecule has 3 heterocycles. The van der Waals surface area contributed by atoms with E-state index in [9.17, 15) is 9.59 Å². The number of hydrogen-bond donors (Lipinski definition) is 1. The average Bonchev–Trinajstić information content (AvgIpc) is 2.98. The van der Waals surface area contributed by atoms with Crippen molar-refractivity contribution in [2.45, 2.75) is 50.9 Å². The highest BCUT2D eigenvalue weighted by Crippen LogP contribution is 2.38. The van der Waals surface area contributed by atoms with E-state index in [1.807, 2.05) is 0 Å². The number of nitrogen functional groups attached to an aromatic ring is 1. The van der Waals surface area contributed by atoms with Gasteiger partial charge in [-0.2, -0.15) is 9.97 Å². The van der Waals surface area contributed by atoms with Crippen molar-refractivity contribution in [2.24, 2.45) is 5.92 Å². The lowest BCUT2D eigenvalue weighted by atomic mass is 9.92. The Balaban J connectivity index is 1.48. The van der Waals surface area contributed by atoms with Crippen LogP contribution >= 0.6 is 11.6 Å². The molecule has 2 N–H and O–H groups in total. The predicted octanol–water partition coefficient (Wildman–Crippen LogP) is 1.83. The van der Waals surface area contributed by atoms with Crippen LogP contribution in [0, 0.1) is 5.92 Å². The summed E-state index contributed by atoms with van der Waals surface area (Å²) in [6.45, 7) is 0.311. The molecule has 26 heavy (non-hydrogen) atoms. The molecule has 2 aromatic rings. The number of carbonyl (C=O) groups excluding carboxylic acids is 2. The van der Waals surface area contributed by atoms with E-state index < -0.39 is 23.6 Å². The molecule has 0 amide bonds. The second-order valence-electron chi connectivity index (χ2n) is 6.64. The van der Waals surface area contributed by atoms with Gasteiger partial charge in [-0.1, -0.05) is 18.0 Å². The fraction of sp³-hybridized carbons (Fsp3) is 0.562. The summed E-state index contributed by atoms with van der Waals surface area (Å²) >= 11 is 6.11. The molecular formula is C16H18ClN5O4. The molecule has 2 aliphatic rings. The van der Waals surface area contributed by atoms with E-state index in [0.717, 1.165) is 19.3 Å². The second kappa shape index (κ2) is 6.39. The fourth-order valence-electron chi connectivity index (χ4n) is 3.55. The third-order valence-corrected chi connectivity index (χ3v) is 5.13. The number of nitrogens with zero attached hydrogens (tertiary/aromatic N) is 4. The molecule has 10 heteroatoms. The molecule has 9 nitrogen and oxygen atoms in total.